The maximum atomic E-state index is 8.98. The Hall–Kier alpha value is -1.67. The molecule has 0 saturated carbocycles. The Balaban J connectivity index is 2.29. The van der Waals surface area contributed by atoms with Crippen molar-refractivity contribution < 1.29 is 0 Å². The summed E-state index contributed by atoms with van der Waals surface area (Å²) in [5, 5.41) is 20.1. The zero-order valence-electron chi connectivity index (χ0n) is 8.64. The van der Waals surface area contributed by atoms with Crippen molar-refractivity contribution in [3.05, 3.63) is 17.8 Å². The summed E-state index contributed by atoms with van der Waals surface area (Å²) < 4.78 is 0. The molecular weight excluding hydrogens is 190 g/mol. The number of hydrogen-bond acceptors (Lipinski definition) is 5. The van der Waals surface area contributed by atoms with Crippen molar-refractivity contribution in [3.63, 3.8) is 0 Å². The van der Waals surface area contributed by atoms with Gasteiger partial charge in [-0.15, -0.1) is 5.10 Å². The standard InChI is InChI=1S/C10H13N5/c1-2-15(9-6-12-7-9)10-8(5-11)3-4-13-14-10/h3-4,9,12H,2,6-7H2,1H3. The van der Waals surface area contributed by atoms with E-state index >= 15 is 0 Å². The molecule has 5 heteroatoms. The zero-order chi connectivity index (χ0) is 10.7. The molecule has 2 heterocycles. The Bertz CT molecular complexity index is 380. The third-order valence-corrected chi connectivity index (χ3v) is 2.64. The molecule has 0 amide bonds. The van der Waals surface area contributed by atoms with E-state index in [9.17, 15) is 0 Å². The van der Waals surface area contributed by atoms with Gasteiger partial charge in [0, 0.05) is 19.6 Å². The van der Waals surface area contributed by atoms with Crippen molar-refractivity contribution in [1.29, 1.82) is 5.26 Å². The number of nitrogens with zero attached hydrogens (tertiary/aromatic N) is 4. The van der Waals surface area contributed by atoms with Crippen LogP contribution in [0.4, 0.5) is 5.82 Å². The highest BCUT2D eigenvalue weighted by Crippen LogP contribution is 2.19. The molecule has 1 aliphatic heterocycles. The van der Waals surface area contributed by atoms with Gasteiger partial charge in [-0.1, -0.05) is 0 Å². The van der Waals surface area contributed by atoms with E-state index in [-0.39, 0.29) is 0 Å². The highest BCUT2D eigenvalue weighted by atomic mass is 15.3. The molecule has 1 aromatic rings. The van der Waals surface area contributed by atoms with E-state index in [4.69, 9.17) is 5.26 Å². The summed E-state index contributed by atoms with van der Waals surface area (Å²) in [6, 6.07) is 4.30. The van der Waals surface area contributed by atoms with Crippen LogP contribution in [0.5, 0.6) is 0 Å². The minimum Gasteiger partial charge on any atom is -0.349 e. The first-order valence-electron chi connectivity index (χ1n) is 5.06. The van der Waals surface area contributed by atoms with Crippen molar-refractivity contribution in [2.75, 3.05) is 24.5 Å². The van der Waals surface area contributed by atoms with Crippen LogP contribution in [0.15, 0.2) is 12.3 Å². The van der Waals surface area contributed by atoms with Crippen LogP contribution in [0.1, 0.15) is 12.5 Å². The van der Waals surface area contributed by atoms with Crippen LogP contribution in [-0.4, -0.2) is 35.9 Å². The van der Waals surface area contributed by atoms with Crippen LogP contribution in [0.3, 0.4) is 0 Å². The maximum Gasteiger partial charge on any atom is 0.169 e. The molecule has 0 unspecified atom stereocenters. The Morgan fingerprint density at radius 3 is 3.00 bits per heavy atom. The van der Waals surface area contributed by atoms with E-state index < -0.39 is 0 Å². The minimum absolute atomic E-state index is 0.443. The lowest BCUT2D eigenvalue weighted by Crippen LogP contribution is -2.57. The Morgan fingerprint density at radius 1 is 1.67 bits per heavy atom. The van der Waals surface area contributed by atoms with Gasteiger partial charge in [-0.25, -0.2) is 0 Å². The summed E-state index contributed by atoms with van der Waals surface area (Å²) in [6.45, 7) is 4.82. The number of nitrogens with one attached hydrogen (secondary N) is 1. The summed E-state index contributed by atoms with van der Waals surface area (Å²) in [7, 11) is 0. The molecule has 0 atom stereocenters. The number of likely N-dealkylation sites (N-methyl/N-ethyl adjacent to an activating group) is 1. The molecule has 15 heavy (non-hydrogen) atoms. The van der Waals surface area contributed by atoms with Crippen LogP contribution in [0, 0.1) is 11.3 Å². The van der Waals surface area contributed by atoms with Gasteiger partial charge < -0.3 is 10.2 Å². The molecule has 0 radical (unpaired) electrons. The van der Waals surface area contributed by atoms with Gasteiger partial charge in [0.1, 0.15) is 6.07 Å². The molecule has 0 aromatic carbocycles. The summed E-state index contributed by atoms with van der Waals surface area (Å²) in [4.78, 5) is 2.13. The van der Waals surface area contributed by atoms with Gasteiger partial charge >= 0.3 is 0 Å². The molecule has 1 aliphatic rings. The zero-order valence-corrected chi connectivity index (χ0v) is 8.64. The minimum atomic E-state index is 0.443. The summed E-state index contributed by atoms with van der Waals surface area (Å²) >= 11 is 0. The van der Waals surface area contributed by atoms with Gasteiger partial charge in [0.2, 0.25) is 0 Å². The van der Waals surface area contributed by atoms with E-state index in [1.807, 2.05) is 0 Å². The quantitative estimate of drug-likeness (QED) is 0.757. The molecule has 0 aliphatic carbocycles. The molecule has 1 fully saturated rings. The second-order valence-electron chi connectivity index (χ2n) is 3.48. The van der Waals surface area contributed by atoms with Gasteiger partial charge in [0.15, 0.2) is 5.82 Å². The third kappa shape index (κ3) is 1.76. The smallest absolute Gasteiger partial charge is 0.169 e. The number of nitriles is 1. The molecule has 0 spiro atoms. The number of rotatable bonds is 3. The summed E-state index contributed by atoms with van der Waals surface area (Å²) in [6.07, 6.45) is 1.55. The van der Waals surface area contributed by atoms with Crippen LogP contribution in [0.2, 0.25) is 0 Å². The van der Waals surface area contributed by atoms with Crippen molar-refractivity contribution >= 4 is 5.82 Å². The van der Waals surface area contributed by atoms with Crippen molar-refractivity contribution in [3.8, 4) is 6.07 Å². The van der Waals surface area contributed by atoms with E-state index in [0.29, 0.717) is 17.4 Å². The van der Waals surface area contributed by atoms with Crippen molar-refractivity contribution in [1.82, 2.24) is 15.5 Å². The molecule has 0 bridgehead atoms. The Morgan fingerprint density at radius 2 is 2.47 bits per heavy atom. The molecule has 1 saturated heterocycles. The van der Waals surface area contributed by atoms with Gasteiger partial charge in [0.05, 0.1) is 17.8 Å². The largest absolute Gasteiger partial charge is 0.349 e. The van der Waals surface area contributed by atoms with Gasteiger partial charge in [-0.05, 0) is 13.0 Å². The van der Waals surface area contributed by atoms with E-state index in [2.05, 4.69) is 33.4 Å². The molecule has 2 rings (SSSR count). The Labute approximate surface area is 88.7 Å². The van der Waals surface area contributed by atoms with Crippen LogP contribution in [0.25, 0.3) is 0 Å². The average Bonchev–Trinajstić information content (AvgIpc) is 2.23. The fraction of sp³-hybridized carbons (Fsp3) is 0.500. The predicted octanol–water partition coefficient (Wildman–Crippen LogP) is 0.146. The second-order valence-corrected chi connectivity index (χ2v) is 3.48. The number of aromatic nitrogens is 2. The van der Waals surface area contributed by atoms with Crippen LogP contribution in [-0.2, 0) is 0 Å². The van der Waals surface area contributed by atoms with Crippen molar-refractivity contribution in [2.24, 2.45) is 0 Å². The van der Waals surface area contributed by atoms with Crippen LogP contribution >= 0.6 is 0 Å². The van der Waals surface area contributed by atoms with E-state index in [0.717, 1.165) is 19.6 Å². The lowest BCUT2D eigenvalue weighted by atomic mass is 10.1. The molecule has 78 valence electrons. The monoisotopic (exact) mass is 203 g/mol. The van der Waals surface area contributed by atoms with Gasteiger partial charge in [0.25, 0.3) is 0 Å². The first-order chi connectivity index (χ1) is 7.36. The fourth-order valence-electron chi connectivity index (χ4n) is 1.70. The lowest BCUT2D eigenvalue weighted by Gasteiger charge is -2.38. The normalized spacial score (nSPS) is 15.5. The summed E-state index contributed by atoms with van der Waals surface area (Å²) in [5.74, 6) is 0.703. The first kappa shape index (κ1) is 9.87. The topological polar surface area (TPSA) is 64.8 Å². The van der Waals surface area contributed by atoms with Gasteiger partial charge in [-0.3, -0.25) is 0 Å². The number of anilines is 1. The molecule has 1 aromatic heterocycles. The molecule has 1 N–H and O–H groups in total. The summed E-state index contributed by atoms with van der Waals surface area (Å²) in [5.41, 5.74) is 0.596. The molecule has 5 nitrogen and oxygen atoms in total. The Kier molecular flexibility index (Phi) is 2.79. The predicted molar refractivity (Wildman–Crippen MR) is 56.4 cm³/mol. The third-order valence-electron chi connectivity index (χ3n) is 2.64. The highest BCUT2D eigenvalue weighted by Gasteiger charge is 2.26. The van der Waals surface area contributed by atoms with Crippen molar-refractivity contribution in [2.45, 2.75) is 13.0 Å². The molecular formula is C10H13N5. The maximum absolute atomic E-state index is 8.98. The lowest BCUT2D eigenvalue weighted by molar-refractivity contribution is 0.414. The van der Waals surface area contributed by atoms with Crippen LogP contribution < -0.4 is 10.2 Å². The van der Waals surface area contributed by atoms with E-state index in [1.165, 1.54) is 0 Å². The van der Waals surface area contributed by atoms with Gasteiger partial charge in [-0.2, -0.15) is 10.4 Å². The second kappa shape index (κ2) is 4.24. The highest BCUT2D eigenvalue weighted by molar-refractivity contribution is 5.53. The first-order valence-corrected chi connectivity index (χ1v) is 5.06. The SMILES string of the molecule is CCN(c1nnccc1C#N)C1CNC1. The number of hydrogen-bond donors (Lipinski definition) is 1. The average molecular weight is 203 g/mol. The fourth-order valence-corrected chi connectivity index (χ4v) is 1.70. The van der Waals surface area contributed by atoms with E-state index in [1.54, 1.807) is 12.3 Å².